The molecule has 0 aliphatic heterocycles. The quantitative estimate of drug-likeness (QED) is 0.262. The molecule has 0 unspecified atom stereocenters. The van der Waals surface area contributed by atoms with E-state index in [-0.39, 0.29) is 5.97 Å². The van der Waals surface area contributed by atoms with E-state index in [0.29, 0.717) is 0 Å². The number of carbonyl (C=O) groups is 1. The van der Waals surface area contributed by atoms with Gasteiger partial charge in [0.2, 0.25) is 0 Å². The summed E-state index contributed by atoms with van der Waals surface area (Å²) in [7, 11) is 1.36. The van der Waals surface area contributed by atoms with Crippen LogP contribution in [0.5, 0.6) is 0 Å². The van der Waals surface area contributed by atoms with Crippen LogP contribution in [-0.2, 0) is 9.53 Å². The number of hydrogen-bond donors (Lipinski definition) is 0. The molecule has 0 bridgehead atoms. The molecule has 0 aliphatic rings. The normalized spacial score (nSPS) is 12.3. The molecule has 0 rings (SSSR count). The van der Waals surface area contributed by atoms with Crippen molar-refractivity contribution in [2.75, 3.05) is 7.11 Å². The first-order valence-electron chi connectivity index (χ1n) is 6.55. The topological polar surface area (TPSA) is 26.3 Å². The zero-order chi connectivity index (χ0) is 13.5. The first-order chi connectivity index (χ1) is 8.81. The second-order valence-electron chi connectivity index (χ2n) is 3.93. The molecule has 0 heterocycles. The minimum atomic E-state index is -0.337. The molecule has 100 valence electrons. The monoisotopic (exact) mass is 248 g/mol. The summed E-state index contributed by atoms with van der Waals surface area (Å²) in [6.45, 7) is 2.22. The number of ether oxygens (including phenoxy) is 1. The summed E-state index contributed by atoms with van der Waals surface area (Å²) in [4.78, 5) is 10.7. The van der Waals surface area contributed by atoms with Crippen LogP contribution >= 0.6 is 0 Å². The fraction of sp³-hybridized carbons (Fsp3) is 0.438. The van der Waals surface area contributed by atoms with E-state index in [4.69, 9.17) is 0 Å². The molecule has 0 radical (unpaired) electrons. The number of allylic oxidation sites excluding steroid dienone is 7. The van der Waals surface area contributed by atoms with Gasteiger partial charge in [-0.15, -0.1) is 0 Å². The minimum absolute atomic E-state index is 0.337. The molecule has 0 N–H and O–H groups in total. The summed E-state index contributed by atoms with van der Waals surface area (Å²) >= 11 is 0. The third-order valence-corrected chi connectivity index (χ3v) is 2.35. The van der Waals surface area contributed by atoms with E-state index >= 15 is 0 Å². The molecule has 0 atom stereocenters. The zero-order valence-electron chi connectivity index (χ0n) is 11.5. The molecule has 0 aromatic heterocycles. The van der Waals surface area contributed by atoms with E-state index in [1.165, 1.54) is 38.9 Å². The third-order valence-electron chi connectivity index (χ3n) is 2.35. The Labute approximate surface area is 111 Å². The third kappa shape index (κ3) is 12.5. The van der Waals surface area contributed by atoms with Gasteiger partial charge in [0.1, 0.15) is 0 Å². The lowest BCUT2D eigenvalue weighted by atomic mass is 10.1. The Morgan fingerprint density at radius 2 is 1.61 bits per heavy atom. The van der Waals surface area contributed by atoms with Gasteiger partial charge in [-0.3, -0.25) is 0 Å². The number of methoxy groups -OCH3 is 1. The van der Waals surface area contributed by atoms with Crippen LogP contribution in [0.25, 0.3) is 0 Å². The fourth-order valence-electron chi connectivity index (χ4n) is 1.32. The molecule has 2 nitrogen and oxygen atoms in total. The Hall–Kier alpha value is -1.57. The van der Waals surface area contributed by atoms with Crippen LogP contribution in [0.2, 0.25) is 0 Å². The minimum Gasteiger partial charge on any atom is -0.466 e. The summed E-state index contributed by atoms with van der Waals surface area (Å²) in [5, 5.41) is 0. The predicted octanol–water partition coefficient (Wildman–Crippen LogP) is 4.35. The van der Waals surface area contributed by atoms with E-state index in [1.54, 1.807) is 12.2 Å². The van der Waals surface area contributed by atoms with E-state index in [0.717, 1.165) is 6.42 Å². The zero-order valence-corrected chi connectivity index (χ0v) is 11.5. The van der Waals surface area contributed by atoms with Crippen molar-refractivity contribution in [1.82, 2.24) is 0 Å². The Balaban J connectivity index is 3.58. The average Bonchev–Trinajstić information content (AvgIpc) is 2.39. The molecule has 0 aromatic rings. The Morgan fingerprint density at radius 1 is 0.944 bits per heavy atom. The van der Waals surface area contributed by atoms with Crippen LogP contribution in [0.15, 0.2) is 48.6 Å². The van der Waals surface area contributed by atoms with Crippen LogP contribution in [-0.4, -0.2) is 13.1 Å². The van der Waals surface area contributed by atoms with Crippen molar-refractivity contribution in [1.29, 1.82) is 0 Å². The Bertz CT molecular complexity index is 309. The lowest BCUT2D eigenvalue weighted by Crippen LogP contribution is -1.92. The maximum absolute atomic E-state index is 10.7. The maximum atomic E-state index is 10.7. The lowest BCUT2D eigenvalue weighted by Gasteiger charge is -1.92. The number of carbonyl (C=O) groups excluding carboxylic acids is 1. The summed E-state index contributed by atoms with van der Waals surface area (Å²) in [5.74, 6) is -0.337. The summed E-state index contributed by atoms with van der Waals surface area (Å²) < 4.78 is 4.46. The summed E-state index contributed by atoms with van der Waals surface area (Å²) in [6, 6.07) is 0. The molecular formula is C16H24O2. The van der Waals surface area contributed by atoms with Gasteiger partial charge in [0.25, 0.3) is 0 Å². The van der Waals surface area contributed by atoms with E-state index < -0.39 is 0 Å². The van der Waals surface area contributed by atoms with Gasteiger partial charge in [-0.1, -0.05) is 68.7 Å². The molecule has 0 saturated carbocycles. The maximum Gasteiger partial charge on any atom is 0.330 e. The molecule has 0 aliphatic carbocycles. The van der Waals surface area contributed by atoms with Crippen LogP contribution in [0, 0.1) is 0 Å². The van der Waals surface area contributed by atoms with Crippen molar-refractivity contribution in [3.8, 4) is 0 Å². The van der Waals surface area contributed by atoms with Gasteiger partial charge >= 0.3 is 5.97 Å². The first-order valence-corrected chi connectivity index (χ1v) is 6.55. The van der Waals surface area contributed by atoms with Crippen molar-refractivity contribution < 1.29 is 9.53 Å². The van der Waals surface area contributed by atoms with E-state index in [2.05, 4.69) is 23.8 Å². The summed E-state index contributed by atoms with van der Waals surface area (Å²) in [6.07, 6.45) is 21.2. The molecule has 0 spiro atoms. The Kier molecular flexibility index (Phi) is 12.3. The highest BCUT2D eigenvalue weighted by Gasteiger charge is 1.85. The van der Waals surface area contributed by atoms with Gasteiger partial charge < -0.3 is 4.74 Å². The first kappa shape index (κ1) is 16.4. The molecule has 18 heavy (non-hydrogen) atoms. The smallest absolute Gasteiger partial charge is 0.330 e. The molecule has 0 aromatic carbocycles. The van der Waals surface area contributed by atoms with Crippen molar-refractivity contribution in [3.63, 3.8) is 0 Å². The van der Waals surface area contributed by atoms with E-state index in [9.17, 15) is 4.79 Å². The highest BCUT2D eigenvalue weighted by molar-refractivity contribution is 5.82. The number of rotatable bonds is 9. The number of hydrogen-bond acceptors (Lipinski definition) is 2. The van der Waals surface area contributed by atoms with Gasteiger partial charge in [0.05, 0.1) is 7.11 Å². The summed E-state index contributed by atoms with van der Waals surface area (Å²) in [5.41, 5.74) is 0. The van der Waals surface area contributed by atoms with Crippen molar-refractivity contribution in [2.45, 2.75) is 39.0 Å². The second-order valence-corrected chi connectivity index (χ2v) is 3.93. The van der Waals surface area contributed by atoms with E-state index in [1.807, 2.05) is 18.2 Å². The van der Waals surface area contributed by atoms with Gasteiger partial charge in [-0.2, -0.15) is 0 Å². The van der Waals surface area contributed by atoms with Gasteiger partial charge in [-0.25, -0.2) is 4.79 Å². The molecule has 2 heteroatoms. The van der Waals surface area contributed by atoms with Gasteiger partial charge in [0.15, 0.2) is 0 Å². The second kappa shape index (κ2) is 13.5. The van der Waals surface area contributed by atoms with Gasteiger partial charge in [0, 0.05) is 6.08 Å². The molecule has 0 amide bonds. The standard InChI is InChI=1S/C16H24O2/c1-3-4-5-6-7-8-9-10-11-12-13-14-15-16(17)18-2/h8-15H,3-7H2,1-2H3/b9-8+,11-10+,13-12+,15-14+. The largest absolute Gasteiger partial charge is 0.466 e. The van der Waals surface area contributed by atoms with Gasteiger partial charge in [-0.05, 0) is 12.8 Å². The highest BCUT2D eigenvalue weighted by Crippen LogP contribution is 2.02. The van der Waals surface area contributed by atoms with Crippen molar-refractivity contribution in [2.24, 2.45) is 0 Å². The Morgan fingerprint density at radius 3 is 2.28 bits per heavy atom. The van der Waals surface area contributed by atoms with Crippen LogP contribution < -0.4 is 0 Å². The SMILES string of the molecule is CCCCCC/C=C/C=C/C=C/C=C/C(=O)OC. The molecule has 0 saturated heterocycles. The highest BCUT2D eigenvalue weighted by atomic mass is 16.5. The van der Waals surface area contributed by atoms with Crippen LogP contribution in [0.4, 0.5) is 0 Å². The number of esters is 1. The number of unbranched alkanes of at least 4 members (excludes halogenated alkanes) is 4. The molecule has 0 fully saturated rings. The average molecular weight is 248 g/mol. The fourth-order valence-corrected chi connectivity index (χ4v) is 1.32. The van der Waals surface area contributed by atoms with Crippen molar-refractivity contribution >= 4 is 5.97 Å². The predicted molar refractivity (Wildman–Crippen MR) is 77.3 cm³/mol. The van der Waals surface area contributed by atoms with Crippen LogP contribution in [0.1, 0.15) is 39.0 Å². The lowest BCUT2D eigenvalue weighted by molar-refractivity contribution is -0.134. The molecular weight excluding hydrogens is 224 g/mol. The van der Waals surface area contributed by atoms with Crippen LogP contribution in [0.3, 0.4) is 0 Å². The van der Waals surface area contributed by atoms with Crippen molar-refractivity contribution in [3.05, 3.63) is 48.6 Å².